The maximum Gasteiger partial charge on any atom is 0.0320 e. The monoisotopic (exact) mass is 279 g/mol. The molecule has 16 heavy (non-hydrogen) atoms. The Labute approximate surface area is 106 Å². The predicted octanol–water partition coefficient (Wildman–Crippen LogP) is 4.21. The topological polar surface area (TPSA) is 12.0 Å². The van der Waals surface area contributed by atoms with Crippen LogP contribution < -0.4 is 5.32 Å². The lowest BCUT2D eigenvalue weighted by molar-refractivity contribution is 0.438. The van der Waals surface area contributed by atoms with Crippen molar-refractivity contribution in [2.75, 3.05) is 0 Å². The van der Waals surface area contributed by atoms with Gasteiger partial charge in [0.15, 0.2) is 0 Å². The van der Waals surface area contributed by atoms with Crippen LogP contribution in [0.3, 0.4) is 0 Å². The van der Waals surface area contributed by atoms with Gasteiger partial charge in [0.2, 0.25) is 0 Å². The highest BCUT2D eigenvalue weighted by Gasteiger charge is 2.15. The van der Waals surface area contributed by atoms with E-state index in [4.69, 9.17) is 0 Å². The molecule has 1 atom stereocenters. The highest BCUT2D eigenvalue weighted by molar-refractivity contribution is 9.10. The van der Waals surface area contributed by atoms with Gasteiger partial charge in [0, 0.05) is 16.6 Å². The highest BCUT2D eigenvalue weighted by atomic mass is 79.9. The molecule has 0 aliphatic heterocycles. The summed E-state index contributed by atoms with van der Waals surface area (Å²) in [5.41, 5.74) is 1.39. The summed E-state index contributed by atoms with van der Waals surface area (Å²) < 4.78 is 1.15. The number of halogens is 1. The molecular formula is C14H18BrN. The maximum atomic E-state index is 3.72. The molecule has 1 nitrogen and oxygen atoms in total. The Bertz CT molecular complexity index is 348. The Morgan fingerprint density at radius 3 is 2.44 bits per heavy atom. The second-order valence-corrected chi connectivity index (χ2v) is 5.23. The van der Waals surface area contributed by atoms with Crippen molar-refractivity contribution in [1.29, 1.82) is 0 Å². The van der Waals surface area contributed by atoms with E-state index < -0.39 is 0 Å². The molecule has 0 amide bonds. The van der Waals surface area contributed by atoms with Crippen molar-refractivity contribution in [2.24, 2.45) is 0 Å². The van der Waals surface area contributed by atoms with Crippen molar-refractivity contribution in [2.45, 2.75) is 38.3 Å². The summed E-state index contributed by atoms with van der Waals surface area (Å²) in [4.78, 5) is 0. The summed E-state index contributed by atoms with van der Waals surface area (Å²) in [5.74, 6) is 0. The molecule has 0 aromatic heterocycles. The lowest BCUT2D eigenvalue weighted by atomic mass is 10.0. The summed E-state index contributed by atoms with van der Waals surface area (Å²) in [6, 6.07) is 9.76. The van der Waals surface area contributed by atoms with E-state index in [0.29, 0.717) is 12.1 Å². The lowest BCUT2D eigenvalue weighted by Crippen LogP contribution is -2.30. The van der Waals surface area contributed by atoms with E-state index in [1.807, 2.05) is 0 Å². The molecule has 1 aliphatic carbocycles. The third-order valence-corrected chi connectivity index (χ3v) is 3.65. The van der Waals surface area contributed by atoms with Crippen LogP contribution in [-0.2, 0) is 0 Å². The number of hydrogen-bond donors (Lipinski definition) is 1. The van der Waals surface area contributed by atoms with E-state index in [0.717, 1.165) is 10.9 Å². The summed E-state index contributed by atoms with van der Waals surface area (Å²) in [6.45, 7) is 2.24. The van der Waals surface area contributed by atoms with Crippen LogP contribution in [0.2, 0.25) is 0 Å². The van der Waals surface area contributed by atoms with E-state index in [1.165, 1.54) is 18.4 Å². The molecule has 0 fully saturated rings. The summed E-state index contributed by atoms with van der Waals surface area (Å²) in [7, 11) is 0. The van der Waals surface area contributed by atoms with Gasteiger partial charge in [-0.1, -0.05) is 47.1 Å². The van der Waals surface area contributed by atoms with Crippen LogP contribution in [0.25, 0.3) is 0 Å². The van der Waals surface area contributed by atoms with Gasteiger partial charge in [-0.2, -0.15) is 0 Å². The van der Waals surface area contributed by atoms with Crippen molar-refractivity contribution < 1.29 is 0 Å². The molecule has 1 N–H and O–H groups in total. The highest BCUT2D eigenvalue weighted by Crippen LogP contribution is 2.22. The molecular weight excluding hydrogens is 262 g/mol. The molecule has 0 heterocycles. The van der Waals surface area contributed by atoms with Crippen molar-refractivity contribution in [1.82, 2.24) is 5.32 Å². The Hall–Kier alpha value is -0.600. The smallest absolute Gasteiger partial charge is 0.0320 e. The zero-order chi connectivity index (χ0) is 11.4. The minimum absolute atomic E-state index is 0.484. The number of nitrogens with one attached hydrogen (secondary N) is 1. The SMILES string of the molecule is CCC(NC1CC=CC1)c1ccc(Br)cc1. The van der Waals surface area contributed by atoms with E-state index in [1.54, 1.807) is 0 Å². The summed E-state index contributed by atoms with van der Waals surface area (Å²) >= 11 is 3.47. The molecule has 2 heteroatoms. The van der Waals surface area contributed by atoms with Crippen molar-refractivity contribution >= 4 is 15.9 Å². The standard InChI is InChI=1S/C14H18BrN/c1-2-14(16-13-5-3-4-6-13)11-7-9-12(15)10-8-11/h3-4,7-10,13-14,16H,2,5-6H2,1H3. The second-order valence-electron chi connectivity index (χ2n) is 4.32. The largest absolute Gasteiger partial charge is 0.307 e. The molecule has 0 radical (unpaired) electrons. The number of hydrogen-bond acceptors (Lipinski definition) is 1. The summed E-state index contributed by atoms with van der Waals surface area (Å²) in [6.07, 6.45) is 8.02. The van der Waals surface area contributed by atoms with E-state index >= 15 is 0 Å². The molecule has 1 unspecified atom stereocenters. The van der Waals surface area contributed by atoms with E-state index in [-0.39, 0.29) is 0 Å². The van der Waals surface area contributed by atoms with Crippen LogP contribution in [0.1, 0.15) is 37.8 Å². The van der Waals surface area contributed by atoms with Crippen LogP contribution in [0, 0.1) is 0 Å². The molecule has 2 rings (SSSR count). The Balaban J connectivity index is 2.01. The fourth-order valence-corrected chi connectivity index (χ4v) is 2.45. The first kappa shape index (κ1) is 11.9. The van der Waals surface area contributed by atoms with Crippen molar-refractivity contribution in [3.63, 3.8) is 0 Å². The molecule has 1 aromatic carbocycles. The average molecular weight is 280 g/mol. The van der Waals surface area contributed by atoms with Gasteiger partial charge in [-0.05, 0) is 37.0 Å². The fraction of sp³-hybridized carbons (Fsp3) is 0.429. The van der Waals surface area contributed by atoms with Crippen LogP contribution in [0.15, 0.2) is 40.9 Å². The maximum absolute atomic E-state index is 3.72. The van der Waals surface area contributed by atoms with Crippen LogP contribution in [-0.4, -0.2) is 6.04 Å². The molecule has 0 spiro atoms. The normalized spacial score (nSPS) is 17.9. The lowest BCUT2D eigenvalue weighted by Gasteiger charge is -2.22. The number of rotatable bonds is 4. The zero-order valence-corrected chi connectivity index (χ0v) is 11.2. The van der Waals surface area contributed by atoms with Crippen molar-refractivity contribution in [3.8, 4) is 0 Å². The predicted molar refractivity (Wildman–Crippen MR) is 72.5 cm³/mol. The first-order valence-electron chi connectivity index (χ1n) is 5.96. The first-order chi connectivity index (χ1) is 7.79. The third-order valence-electron chi connectivity index (χ3n) is 3.13. The van der Waals surface area contributed by atoms with Gasteiger partial charge in [-0.3, -0.25) is 0 Å². The average Bonchev–Trinajstić information content (AvgIpc) is 2.80. The van der Waals surface area contributed by atoms with E-state index in [2.05, 4.69) is 64.6 Å². The minimum atomic E-state index is 0.484. The van der Waals surface area contributed by atoms with Crippen molar-refractivity contribution in [3.05, 3.63) is 46.5 Å². The van der Waals surface area contributed by atoms with Gasteiger partial charge in [0.25, 0.3) is 0 Å². The van der Waals surface area contributed by atoms with Gasteiger partial charge in [-0.15, -0.1) is 0 Å². The Morgan fingerprint density at radius 1 is 1.25 bits per heavy atom. The van der Waals surface area contributed by atoms with Gasteiger partial charge in [0.05, 0.1) is 0 Å². The fourth-order valence-electron chi connectivity index (χ4n) is 2.18. The van der Waals surface area contributed by atoms with Crippen LogP contribution >= 0.6 is 15.9 Å². The second kappa shape index (κ2) is 5.65. The third kappa shape index (κ3) is 2.96. The van der Waals surface area contributed by atoms with E-state index in [9.17, 15) is 0 Å². The molecule has 0 saturated carbocycles. The van der Waals surface area contributed by atoms with Gasteiger partial charge >= 0.3 is 0 Å². The Kier molecular flexibility index (Phi) is 4.19. The van der Waals surface area contributed by atoms with Gasteiger partial charge in [-0.25, -0.2) is 0 Å². The summed E-state index contributed by atoms with van der Waals surface area (Å²) in [5, 5.41) is 3.72. The minimum Gasteiger partial charge on any atom is -0.307 e. The van der Waals surface area contributed by atoms with Crippen LogP contribution in [0.4, 0.5) is 0 Å². The number of benzene rings is 1. The Morgan fingerprint density at radius 2 is 1.88 bits per heavy atom. The molecule has 0 bridgehead atoms. The molecule has 86 valence electrons. The molecule has 1 aromatic rings. The zero-order valence-electron chi connectivity index (χ0n) is 9.62. The van der Waals surface area contributed by atoms with Gasteiger partial charge < -0.3 is 5.32 Å². The van der Waals surface area contributed by atoms with Gasteiger partial charge in [0.1, 0.15) is 0 Å². The molecule has 0 saturated heterocycles. The quantitative estimate of drug-likeness (QED) is 0.815. The molecule has 1 aliphatic rings. The van der Waals surface area contributed by atoms with Crippen LogP contribution in [0.5, 0.6) is 0 Å². The first-order valence-corrected chi connectivity index (χ1v) is 6.75.